The molecule has 36 heavy (non-hydrogen) atoms. The van der Waals surface area contributed by atoms with Gasteiger partial charge in [0.25, 0.3) is 11.5 Å². The third-order valence-electron chi connectivity index (χ3n) is 7.16. The van der Waals surface area contributed by atoms with Crippen LogP contribution < -0.4 is 5.56 Å². The van der Waals surface area contributed by atoms with Crippen molar-refractivity contribution >= 4 is 28.8 Å². The number of fused-ring (bicyclic) bond motifs is 1. The SMILES string of the molecule is O=C(C(O)c1cccc(Cl)c1)N1CCc2nc(C3(c4cc(-c5ccccc5)cs4)CC3)[nH]c(=O)c2C1. The van der Waals surface area contributed by atoms with Gasteiger partial charge in [-0.2, -0.15) is 0 Å². The van der Waals surface area contributed by atoms with Crippen molar-refractivity contribution in [2.24, 2.45) is 0 Å². The van der Waals surface area contributed by atoms with E-state index >= 15 is 0 Å². The molecule has 1 aliphatic heterocycles. The van der Waals surface area contributed by atoms with Crippen molar-refractivity contribution in [1.82, 2.24) is 14.9 Å². The number of hydrogen-bond donors (Lipinski definition) is 2. The molecule has 0 bridgehead atoms. The van der Waals surface area contributed by atoms with Crippen molar-refractivity contribution in [1.29, 1.82) is 0 Å². The second-order valence-corrected chi connectivity index (χ2v) is 10.8. The number of aliphatic hydroxyl groups excluding tert-OH is 1. The molecule has 1 aliphatic carbocycles. The minimum absolute atomic E-state index is 0.124. The largest absolute Gasteiger partial charge is 0.378 e. The first kappa shape index (κ1) is 23.2. The van der Waals surface area contributed by atoms with Gasteiger partial charge in [-0.15, -0.1) is 11.3 Å². The van der Waals surface area contributed by atoms with Crippen LogP contribution in [0.25, 0.3) is 11.1 Å². The van der Waals surface area contributed by atoms with Gasteiger partial charge in [0, 0.05) is 22.9 Å². The van der Waals surface area contributed by atoms with E-state index < -0.39 is 12.0 Å². The summed E-state index contributed by atoms with van der Waals surface area (Å²) in [6.07, 6.45) is 1.03. The van der Waals surface area contributed by atoms with Gasteiger partial charge in [-0.1, -0.05) is 54.1 Å². The molecule has 1 amide bonds. The highest BCUT2D eigenvalue weighted by Crippen LogP contribution is 2.54. The Kier molecular flexibility index (Phi) is 5.79. The average Bonchev–Trinajstić information content (AvgIpc) is 3.57. The fourth-order valence-corrected chi connectivity index (χ4v) is 6.30. The van der Waals surface area contributed by atoms with Crippen molar-refractivity contribution < 1.29 is 9.90 Å². The molecule has 1 unspecified atom stereocenters. The minimum Gasteiger partial charge on any atom is -0.378 e. The average molecular weight is 518 g/mol. The normalized spacial score (nSPS) is 16.9. The fourth-order valence-electron chi connectivity index (χ4n) is 4.93. The first-order valence-corrected chi connectivity index (χ1v) is 13.2. The molecule has 3 heterocycles. The maximum absolute atomic E-state index is 13.2. The topological polar surface area (TPSA) is 86.3 Å². The highest BCUT2D eigenvalue weighted by atomic mass is 35.5. The molecule has 6 rings (SSSR count). The number of nitrogens with zero attached hydrogens (tertiary/aromatic N) is 2. The summed E-state index contributed by atoms with van der Waals surface area (Å²) in [6.45, 7) is 0.516. The van der Waals surface area contributed by atoms with Gasteiger partial charge in [0.1, 0.15) is 5.82 Å². The van der Waals surface area contributed by atoms with Gasteiger partial charge < -0.3 is 15.0 Å². The number of carbonyl (C=O) groups is 1. The summed E-state index contributed by atoms with van der Waals surface area (Å²) >= 11 is 7.72. The van der Waals surface area contributed by atoms with E-state index in [-0.39, 0.29) is 17.5 Å². The number of thiophene rings is 1. The van der Waals surface area contributed by atoms with Gasteiger partial charge in [-0.3, -0.25) is 9.59 Å². The molecule has 2 N–H and O–H groups in total. The van der Waals surface area contributed by atoms with Gasteiger partial charge in [0.2, 0.25) is 0 Å². The van der Waals surface area contributed by atoms with E-state index in [1.807, 2.05) is 18.2 Å². The number of rotatable bonds is 5. The molecule has 2 aromatic carbocycles. The summed E-state index contributed by atoms with van der Waals surface area (Å²) in [5.41, 5.74) is 3.55. The lowest BCUT2D eigenvalue weighted by Gasteiger charge is -2.30. The van der Waals surface area contributed by atoms with Crippen molar-refractivity contribution in [3.63, 3.8) is 0 Å². The molecule has 8 heteroatoms. The molecule has 1 fully saturated rings. The van der Waals surface area contributed by atoms with Gasteiger partial charge in [-0.05, 0) is 53.1 Å². The second kappa shape index (κ2) is 9.00. The van der Waals surface area contributed by atoms with Crippen molar-refractivity contribution in [3.8, 4) is 11.1 Å². The number of carbonyl (C=O) groups excluding carboxylic acids is 1. The van der Waals surface area contributed by atoms with Crippen LogP contribution in [-0.4, -0.2) is 32.4 Å². The maximum atomic E-state index is 13.2. The number of H-pyrrole nitrogens is 1. The standard InChI is InChI=1S/C28H24ClN3O3S/c29-20-8-4-7-18(13-20)24(33)26(35)32-12-9-22-21(15-32)25(34)31-27(30-22)28(10-11-28)23-14-19(16-36-23)17-5-2-1-3-6-17/h1-8,13-14,16,24,33H,9-12,15H2,(H,30,31,34). The molecular formula is C28H24ClN3O3S. The quantitative estimate of drug-likeness (QED) is 0.396. The summed E-state index contributed by atoms with van der Waals surface area (Å²) in [7, 11) is 0. The van der Waals surface area contributed by atoms with Crippen LogP contribution in [0, 0.1) is 0 Å². The Morgan fingerprint density at radius 1 is 1.11 bits per heavy atom. The van der Waals surface area contributed by atoms with E-state index in [2.05, 4.69) is 28.6 Å². The zero-order valence-corrected chi connectivity index (χ0v) is 21.0. The Balaban J connectivity index is 1.25. The zero-order chi connectivity index (χ0) is 24.9. The molecule has 0 spiro atoms. The van der Waals surface area contributed by atoms with Gasteiger partial charge in [-0.25, -0.2) is 4.98 Å². The number of aromatic amines is 1. The van der Waals surface area contributed by atoms with Gasteiger partial charge in [0.15, 0.2) is 6.10 Å². The Labute approximate surface area is 217 Å². The Morgan fingerprint density at radius 2 is 1.92 bits per heavy atom. The van der Waals surface area contributed by atoms with Crippen LogP contribution in [0.15, 0.2) is 70.8 Å². The Morgan fingerprint density at radius 3 is 2.67 bits per heavy atom. The molecule has 1 saturated carbocycles. The number of halogens is 1. The predicted octanol–water partition coefficient (Wildman–Crippen LogP) is 4.85. The van der Waals surface area contributed by atoms with Crippen LogP contribution in [0.1, 0.15) is 46.5 Å². The van der Waals surface area contributed by atoms with Crippen molar-refractivity contribution in [2.75, 3.05) is 6.54 Å². The van der Waals surface area contributed by atoms with Gasteiger partial charge >= 0.3 is 0 Å². The summed E-state index contributed by atoms with van der Waals surface area (Å²) in [5, 5.41) is 13.2. The maximum Gasteiger partial charge on any atom is 0.256 e. The molecule has 0 saturated heterocycles. The lowest BCUT2D eigenvalue weighted by atomic mass is 9.99. The van der Waals surface area contributed by atoms with E-state index in [9.17, 15) is 14.7 Å². The van der Waals surface area contributed by atoms with Crippen LogP contribution in [-0.2, 0) is 23.2 Å². The molecule has 2 aromatic heterocycles. The number of benzene rings is 2. The minimum atomic E-state index is -1.33. The van der Waals surface area contributed by atoms with Crippen LogP contribution in [0.3, 0.4) is 0 Å². The fraction of sp³-hybridized carbons (Fsp3) is 0.250. The molecule has 4 aromatic rings. The van der Waals surface area contributed by atoms with E-state index in [0.717, 1.165) is 18.5 Å². The van der Waals surface area contributed by atoms with E-state index in [1.165, 1.54) is 20.9 Å². The monoisotopic (exact) mass is 517 g/mol. The zero-order valence-electron chi connectivity index (χ0n) is 19.4. The molecular weight excluding hydrogens is 494 g/mol. The number of hydrogen-bond acceptors (Lipinski definition) is 5. The molecule has 0 radical (unpaired) electrons. The first-order valence-electron chi connectivity index (χ1n) is 11.9. The second-order valence-electron chi connectivity index (χ2n) is 9.45. The van der Waals surface area contributed by atoms with Crippen LogP contribution in [0.2, 0.25) is 5.02 Å². The number of amides is 1. The number of nitrogens with one attached hydrogen (secondary N) is 1. The summed E-state index contributed by atoms with van der Waals surface area (Å²) in [5.74, 6) is 0.267. The Bertz CT molecular complexity index is 1510. The van der Waals surface area contributed by atoms with Crippen LogP contribution >= 0.6 is 22.9 Å². The molecule has 182 valence electrons. The Hall–Kier alpha value is -3.26. The molecule has 2 aliphatic rings. The lowest BCUT2D eigenvalue weighted by molar-refractivity contribution is -0.141. The number of aromatic nitrogens is 2. The van der Waals surface area contributed by atoms with Crippen LogP contribution in [0.4, 0.5) is 0 Å². The lowest BCUT2D eigenvalue weighted by Crippen LogP contribution is -2.42. The first-order chi connectivity index (χ1) is 17.4. The molecule has 6 nitrogen and oxygen atoms in total. The summed E-state index contributed by atoms with van der Waals surface area (Å²) in [4.78, 5) is 36.8. The van der Waals surface area contributed by atoms with Crippen molar-refractivity contribution in [3.05, 3.63) is 109 Å². The molecule has 1 atom stereocenters. The third-order valence-corrected chi connectivity index (χ3v) is 8.53. The van der Waals surface area contributed by atoms with Crippen LogP contribution in [0.5, 0.6) is 0 Å². The number of aliphatic hydroxyl groups is 1. The van der Waals surface area contributed by atoms with E-state index in [4.69, 9.17) is 16.6 Å². The predicted molar refractivity (Wildman–Crippen MR) is 140 cm³/mol. The van der Waals surface area contributed by atoms with E-state index in [0.29, 0.717) is 34.9 Å². The summed E-state index contributed by atoms with van der Waals surface area (Å²) in [6, 6.07) is 19.1. The van der Waals surface area contributed by atoms with Gasteiger partial charge in [0.05, 0.1) is 23.2 Å². The van der Waals surface area contributed by atoms with Crippen molar-refractivity contribution in [2.45, 2.75) is 37.3 Å². The highest BCUT2D eigenvalue weighted by Gasteiger charge is 2.50. The smallest absolute Gasteiger partial charge is 0.256 e. The summed E-state index contributed by atoms with van der Waals surface area (Å²) < 4.78 is 0. The highest BCUT2D eigenvalue weighted by molar-refractivity contribution is 7.10. The third kappa shape index (κ3) is 4.07. The van der Waals surface area contributed by atoms with E-state index in [1.54, 1.807) is 35.6 Å².